The number of hydrogen-bond donors (Lipinski definition) is 2. The van der Waals surface area contributed by atoms with Gasteiger partial charge in [0.1, 0.15) is 11.6 Å². The van der Waals surface area contributed by atoms with E-state index in [0.29, 0.717) is 11.3 Å². The largest absolute Gasteiger partial charge is 0.507 e. The standard InChI is InChI=1S/C22H22N2O3/c1-13(2)23-21-11-15(16-5-4-6-20-22(16)27-12-26-20)10-18(24-21)17-9-14(3)7-8-19(17)25/h4-11,13,25H,12H2,1-3H3,(H,23,24). The number of aromatic nitrogens is 1. The molecule has 27 heavy (non-hydrogen) atoms. The van der Waals surface area contributed by atoms with Crippen molar-refractivity contribution in [2.24, 2.45) is 0 Å². The third-order valence-corrected chi connectivity index (χ3v) is 4.40. The Morgan fingerprint density at radius 3 is 2.70 bits per heavy atom. The average molecular weight is 362 g/mol. The Kier molecular flexibility index (Phi) is 4.36. The Labute approximate surface area is 158 Å². The SMILES string of the molecule is Cc1ccc(O)c(-c2cc(-c3cccc4c3OCO4)cc(NC(C)C)n2)c1. The van der Waals surface area contributed by atoms with Crippen molar-refractivity contribution in [1.82, 2.24) is 4.98 Å². The Bertz CT molecular complexity index is 999. The maximum absolute atomic E-state index is 10.4. The van der Waals surface area contributed by atoms with Gasteiger partial charge in [0.2, 0.25) is 6.79 Å². The first-order chi connectivity index (χ1) is 13.0. The smallest absolute Gasteiger partial charge is 0.231 e. The van der Waals surface area contributed by atoms with Gasteiger partial charge < -0.3 is 19.9 Å². The normalized spacial score (nSPS) is 12.4. The minimum absolute atomic E-state index is 0.207. The monoisotopic (exact) mass is 362 g/mol. The van der Waals surface area contributed by atoms with E-state index in [1.54, 1.807) is 6.07 Å². The van der Waals surface area contributed by atoms with Gasteiger partial charge in [-0.3, -0.25) is 0 Å². The summed E-state index contributed by atoms with van der Waals surface area (Å²) < 4.78 is 11.2. The van der Waals surface area contributed by atoms with Crippen molar-refractivity contribution in [3.63, 3.8) is 0 Å². The molecule has 0 saturated carbocycles. The van der Waals surface area contributed by atoms with Gasteiger partial charge in [-0.2, -0.15) is 0 Å². The number of anilines is 1. The molecule has 2 aromatic carbocycles. The number of para-hydroxylation sites is 1. The van der Waals surface area contributed by atoms with Crippen molar-refractivity contribution < 1.29 is 14.6 Å². The summed E-state index contributed by atoms with van der Waals surface area (Å²) in [7, 11) is 0. The zero-order valence-corrected chi connectivity index (χ0v) is 15.6. The molecule has 0 saturated heterocycles. The lowest BCUT2D eigenvalue weighted by Crippen LogP contribution is -2.11. The van der Waals surface area contributed by atoms with Crippen LogP contribution in [0.4, 0.5) is 5.82 Å². The summed E-state index contributed by atoms with van der Waals surface area (Å²) in [6, 6.07) is 15.6. The Morgan fingerprint density at radius 2 is 1.89 bits per heavy atom. The second kappa shape index (κ2) is 6.83. The van der Waals surface area contributed by atoms with Crippen LogP contribution in [0.3, 0.4) is 0 Å². The van der Waals surface area contributed by atoms with Crippen LogP contribution >= 0.6 is 0 Å². The van der Waals surface area contributed by atoms with Gasteiger partial charge in [-0.15, -0.1) is 0 Å². The zero-order valence-electron chi connectivity index (χ0n) is 15.6. The first-order valence-electron chi connectivity index (χ1n) is 8.99. The molecule has 5 heteroatoms. The Morgan fingerprint density at radius 1 is 1.04 bits per heavy atom. The van der Waals surface area contributed by atoms with E-state index in [-0.39, 0.29) is 18.6 Å². The summed E-state index contributed by atoms with van der Waals surface area (Å²) in [5, 5.41) is 13.7. The predicted octanol–water partition coefficient (Wildman–Crippen LogP) is 4.98. The van der Waals surface area contributed by atoms with E-state index in [4.69, 9.17) is 14.5 Å². The van der Waals surface area contributed by atoms with E-state index in [0.717, 1.165) is 34.0 Å². The number of aryl methyl sites for hydroxylation is 1. The summed E-state index contributed by atoms with van der Waals surface area (Å²) in [5.41, 5.74) is 4.35. The molecular formula is C22H22N2O3. The van der Waals surface area contributed by atoms with Gasteiger partial charge in [-0.1, -0.05) is 23.8 Å². The van der Waals surface area contributed by atoms with Crippen molar-refractivity contribution in [2.75, 3.05) is 12.1 Å². The van der Waals surface area contributed by atoms with Crippen LogP contribution in [-0.2, 0) is 0 Å². The summed E-state index contributed by atoms with van der Waals surface area (Å²) in [6.45, 7) is 6.35. The molecule has 0 aliphatic carbocycles. The van der Waals surface area contributed by atoms with Crippen molar-refractivity contribution in [3.8, 4) is 39.6 Å². The van der Waals surface area contributed by atoms with E-state index < -0.39 is 0 Å². The quantitative estimate of drug-likeness (QED) is 0.685. The van der Waals surface area contributed by atoms with Crippen molar-refractivity contribution in [3.05, 3.63) is 54.1 Å². The predicted molar refractivity (Wildman–Crippen MR) is 106 cm³/mol. The number of ether oxygens (including phenoxy) is 2. The number of rotatable bonds is 4. The fraction of sp³-hybridized carbons (Fsp3) is 0.227. The van der Waals surface area contributed by atoms with Crippen LogP contribution in [0.5, 0.6) is 17.2 Å². The van der Waals surface area contributed by atoms with E-state index in [2.05, 4.69) is 19.2 Å². The molecule has 0 spiro atoms. The van der Waals surface area contributed by atoms with Crippen LogP contribution < -0.4 is 14.8 Å². The van der Waals surface area contributed by atoms with Gasteiger partial charge in [0.25, 0.3) is 0 Å². The fourth-order valence-electron chi connectivity index (χ4n) is 3.21. The molecule has 0 fully saturated rings. The van der Waals surface area contributed by atoms with Crippen LogP contribution in [0.2, 0.25) is 0 Å². The molecular weight excluding hydrogens is 340 g/mol. The molecule has 1 aliphatic heterocycles. The minimum Gasteiger partial charge on any atom is -0.507 e. The van der Waals surface area contributed by atoms with Crippen LogP contribution in [0, 0.1) is 6.92 Å². The zero-order chi connectivity index (χ0) is 19.0. The highest BCUT2D eigenvalue weighted by Gasteiger charge is 2.20. The molecule has 2 N–H and O–H groups in total. The van der Waals surface area contributed by atoms with Gasteiger partial charge in [0.05, 0.1) is 5.69 Å². The van der Waals surface area contributed by atoms with Gasteiger partial charge in [0.15, 0.2) is 11.5 Å². The van der Waals surface area contributed by atoms with Gasteiger partial charge in [0, 0.05) is 17.2 Å². The molecule has 138 valence electrons. The van der Waals surface area contributed by atoms with Crippen LogP contribution in [0.1, 0.15) is 19.4 Å². The second-order valence-electron chi connectivity index (χ2n) is 6.99. The number of nitrogens with zero attached hydrogens (tertiary/aromatic N) is 1. The van der Waals surface area contributed by atoms with Crippen molar-refractivity contribution in [2.45, 2.75) is 26.8 Å². The third kappa shape index (κ3) is 3.40. The summed E-state index contributed by atoms with van der Waals surface area (Å²) >= 11 is 0. The van der Waals surface area contributed by atoms with E-state index in [1.165, 1.54) is 0 Å². The maximum atomic E-state index is 10.4. The molecule has 1 aromatic heterocycles. The molecule has 1 aliphatic rings. The summed E-state index contributed by atoms with van der Waals surface area (Å²) in [6.07, 6.45) is 0. The Balaban J connectivity index is 1.90. The third-order valence-electron chi connectivity index (χ3n) is 4.40. The molecule has 0 radical (unpaired) electrons. The minimum atomic E-state index is 0.207. The molecule has 0 bridgehead atoms. The summed E-state index contributed by atoms with van der Waals surface area (Å²) in [4.78, 5) is 4.72. The molecule has 3 aromatic rings. The van der Waals surface area contributed by atoms with Crippen molar-refractivity contribution >= 4 is 5.82 Å². The number of hydrogen-bond acceptors (Lipinski definition) is 5. The maximum Gasteiger partial charge on any atom is 0.231 e. The van der Waals surface area contributed by atoms with Crippen LogP contribution in [-0.4, -0.2) is 22.9 Å². The van der Waals surface area contributed by atoms with Crippen LogP contribution in [0.15, 0.2) is 48.5 Å². The first-order valence-corrected chi connectivity index (χ1v) is 8.99. The highest BCUT2D eigenvalue weighted by Crippen LogP contribution is 2.43. The lowest BCUT2D eigenvalue weighted by molar-refractivity contribution is 0.174. The lowest BCUT2D eigenvalue weighted by Gasteiger charge is -2.15. The highest BCUT2D eigenvalue weighted by molar-refractivity contribution is 5.81. The number of fused-ring (bicyclic) bond motifs is 1. The fourth-order valence-corrected chi connectivity index (χ4v) is 3.21. The summed E-state index contributed by atoms with van der Waals surface area (Å²) in [5.74, 6) is 2.43. The van der Waals surface area contributed by atoms with Gasteiger partial charge >= 0.3 is 0 Å². The molecule has 2 heterocycles. The molecule has 0 atom stereocenters. The number of benzene rings is 2. The Hall–Kier alpha value is -3.21. The topological polar surface area (TPSA) is 63.6 Å². The number of aromatic hydroxyl groups is 1. The molecule has 5 nitrogen and oxygen atoms in total. The second-order valence-corrected chi connectivity index (χ2v) is 6.99. The number of phenolic OH excluding ortho intramolecular Hbond substituents is 1. The van der Waals surface area contributed by atoms with Gasteiger partial charge in [-0.25, -0.2) is 4.98 Å². The molecule has 0 unspecified atom stereocenters. The number of phenols is 1. The number of nitrogens with one attached hydrogen (secondary N) is 1. The average Bonchev–Trinajstić information content (AvgIpc) is 3.11. The van der Waals surface area contributed by atoms with Gasteiger partial charge in [-0.05, 0) is 56.7 Å². The highest BCUT2D eigenvalue weighted by atomic mass is 16.7. The van der Waals surface area contributed by atoms with E-state index >= 15 is 0 Å². The molecule has 4 rings (SSSR count). The molecule has 0 amide bonds. The van der Waals surface area contributed by atoms with E-state index in [9.17, 15) is 5.11 Å². The van der Waals surface area contributed by atoms with E-state index in [1.807, 2.05) is 49.4 Å². The lowest BCUT2D eigenvalue weighted by atomic mass is 10.0. The number of pyridine rings is 1. The van der Waals surface area contributed by atoms with Crippen molar-refractivity contribution in [1.29, 1.82) is 0 Å². The first kappa shape index (κ1) is 17.2. The van der Waals surface area contributed by atoms with Crippen LogP contribution in [0.25, 0.3) is 22.4 Å².